The molecule has 0 aliphatic carbocycles. The van der Waals surface area contributed by atoms with Gasteiger partial charge in [-0.1, -0.05) is 11.6 Å². The molecular weight excluding hydrogens is 342 g/mol. The number of piperazine rings is 1. The van der Waals surface area contributed by atoms with Crippen LogP contribution in [-0.4, -0.2) is 60.6 Å². The molecule has 1 aliphatic rings. The summed E-state index contributed by atoms with van der Waals surface area (Å²) in [5, 5.41) is 3.70. The van der Waals surface area contributed by atoms with Crippen molar-refractivity contribution >= 4 is 29.1 Å². The Morgan fingerprint density at radius 2 is 1.96 bits per heavy atom. The molecule has 0 spiro atoms. The number of nitrogens with zero attached hydrogens (tertiary/aromatic N) is 4. The molecule has 3 rings (SSSR count). The molecule has 0 bridgehead atoms. The van der Waals surface area contributed by atoms with Gasteiger partial charge in [0.05, 0.1) is 19.3 Å². The van der Waals surface area contributed by atoms with Gasteiger partial charge in [0.1, 0.15) is 5.75 Å². The maximum atomic E-state index is 12.4. The van der Waals surface area contributed by atoms with Crippen molar-refractivity contribution in [2.45, 2.75) is 0 Å². The van der Waals surface area contributed by atoms with E-state index in [2.05, 4.69) is 20.2 Å². The molecule has 1 fully saturated rings. The largest absolute Gasteiger partial charge is 0.495 e. The molecule has 0 atom stereocenters. The molecule has 1 aromatic carbocycles. The monoisotopic (exact) mass is 361 g/mol. The maximum Gasteiger partial charge on any atom is 0.241 e. The summed E-state index contributed by atoms with van der Waals surface area (Å²) >= 11 is 6.00. The summed E-state index contributed by atoms with van der Waals surface area (Å²) in [4.78, 5) is 24.9. The van der Waals surface area contributed by atoms with Crippen molar-refractivity contribution in [1.82, 2.24) is 14.9 Å². The highest BCUT2D eigenvalue weighted by Gasteiger charge is 2.22. The summed E-state index contributed by atoms with van der Waals surface area (Å²) in [7, 11) is 1.58. The van der Waals surface area contributed by atoms with Crippen LogP contribution in [0.25, 0.3) is 0 Å². The molecule has 0 radical (unpaired) electrons. The summed E-state index contributed by atoms with van der Waals surface area (Å²) in [6.07, 6.45) is 3.45. The standard InChI is InChI=1S/C17H20ClN5O2/c1-25-15-4-3-13(18)11-14(15)21-12-16(24)22-7-9-23(10-8-22)17-19-5-2-6-20-17/h2-6,11,21H,7-10,12H2,1H3. The fourth-order valence-electron chi connectivity index (χ4n) is 2.71. The van der Waals surface area contributed by atoms with Crippen molar-refractivity contribution in [2.75, 3.05) is 50.1 Å². The van der Waals surface area contributed by atoms with E-state index in [0.29, 0.717) is 35.5 Å². The van der Waals surface area contributed by atoms with Crippen LogP contribution in [0.3, 0.4) is 0 Å². The van der Waals surface area contributed by atoms with Gasteiger partial charge in [-0.3, -0.25) is 4.79 Å². The summed E-state index contributed by atoms with van der Waals surface area (Å²) in [5.41, 5.74) is 0.708. The van der Waals surface area contributed by atoms with Gasteiger partial charge in [0, 0.05) is 43.6 Å². The van der Waals surface area contributed by atoms with Crippen LogP contribution in [-0.2, 0) is 4.79 Å². The Morgan fingerprint density at radius 1 is 1.24 bits per heavy atom. The number of amides is 1. The topological polar surface area (TPSA) is 70.6 Å². The summed E-state index contributed by atoms with van der Waals surface area (Å²) < 4.78 is 5.27. The molecular formula is C17H20ClN5O2. The number of ether oxygens (including phenoxy) is 1. The highest BCUT2D eigenvalue weighted by molar-refractivity contribution is 6.30. The van der Waals surface area contributed by atoms with Crippen molar-refractivity contribution in [3.8, 4) is 5.75 Å². The molecule has 1 N–H and O–H groups in total. The number of hydrogen-bond acceptors (Lipinski definition) is 6. The molecule has 25 heavy (non-hydrogen) atoms. The molecule has 2 aromatic rings. The minimum Gasteiger partial charge on any atom is -0.495 e. The van der Waals surface area contributed by atoms with Crippen molar-refractivity contribution in [3.63, 3.8) is 0 Å². The van der Waals surface area contributed by atoms with E-state index in [9.17, 15) is 4.79 Å². The minimum atomic E-state index is 0.0376. The number of aromatic nitrogens is 2. The second-order valence-electron chi connectivity index (χ2n) is 5.61. The van der Waals surface area contributed by atoms with E-state index in [4.69, 9.17) is 16.3 Å². The molecule has 1 aliphatic heterocycles. The lowest BCUT2D eigenvalue weighted by atomic mass is 10.2. The number of carbonyl (C=O) groups is 1. The average molecular weight is 362 g/mol. The zero-order valence-electron chi connectivity index (χ0n) is 14.0. The molecule has 2 heterocycles. The fraction of sp³-hybridized carbons (Fsp3) is 0.353. The normalized spacial score (nSPS) is 14.3. The first-order valence-corrected chi connectivity index (χ1v) is 8.42. The third-order valence-corrected chi connectivity index (χ3v) is 4.29. The quantitative estimate of drug-likeness (QED) is 0.877. The van der Waals surface area contributed by atoms with Crippen LogP contribution in [0, 0.1) is 0 Å². The van der Waals surface area contributed by atoms with Crippen LogP contribution in [0.5, 0.6) is 5.75 Å². The van der Waals surface area contributed by atoms with E-state index in [0.717, 1.165) is 13.1 Å². The maximum absolute atomic E-state index is 12.4. The van der Waals surface area contributed by atoms with Crippen LogP contribution in [0.15, 0.2) is 36.7 Å². The smallest absolute Gasteiger partial charge is 0.241 e. The second-order valence-corrected chi connectivity index (χ2v) is 6.05. The Hall–Kier alpha value is -2.54. The second kappa shape index (κ2) is 8.02. The molecule has 0 unspecified atom stereocenters. The third kappa shape index (κ3) is 4.30. The van der Waals surface area contributed by atoms with Gasteiger partial charge >= 0.3 is 0 Å². The Kier molecular flexibility index (Phi) is 5.55. The summed E-state index contributed by atoms with van der Waals surface area (Å²) in [6, 6.07) is 7.06. The van der Waals surface area contributed by atoms with Gasteiger partial charge in [-0.25, -0.2) is 9.97 Å². The molecule has 132 valence electrons. The Labute approximate surface area is 151 Å². The van der Waals surface area contributed by atoms with E-state index in [1.807, 2.05) is 4.90 Å². The molecule has 0 saturated carbocycles. The third-order valence-electron chi connectivity index (χ3n) is 4.06. The number of methoxy groups -OCH3 is 1. The van der Waals surface area contributed by atoms with Gasteiger partial charge in [0.25, 0.3) is 0 Å². The molecule has 1 aromatic heterocycles. The van der Waals surface area contributed by atoms with E-state index in [1.54, 1.807) is 43.8 Å². The molecule has 1 amide bonds. The summed E-state index contributed by atoms with van der Waals surface area (Å²) in [5.74, 6) is 1.40. The first-order chi connectivity index (χ1) is 12.2. The van der Waals surface area contributed by atoms with Gasteiger partial charge in [-0.15, -0.1) is 0 Å². The van der Waals surface area contributed by atoms with Crippen molar-refractivity contribution in [2.24, 2.45) is 0 Å². The minimum absolute atomic E-state index is 0.0376. The number of hydrogen-bond donors (Lipinski definition) is 1. The van der Waals surface area contributed by atoms with Crippen LogP contribution in [0.4, 0.5) is 11.6 Å². The predicted molar refractivity (Wildman–Crippen MR) is 97.3 cm³/mol. The number of benzene rings is 1. The highest BCUT2D eigenvalue weighted by atomic mass is 35.5. The van der Waals surface area contributed by atoms with Gasteiger partial charge in [-0.2, -0.15) is 0 Å². The van der Waals surface area contributed by atoms with Crippen LogP contribution in [0.1, 0.15) is 0 Å². The van der Waals surface area contributed by atoms with Crippen molar-refractivity contribution in [1.29, 1.82) is 0 Å². The first-order valence-electron chi connectivity index (χ1n) is 8.04. The van der Waals surface area contributed by atoms with Gasteiger partial charge in [0.15, 0.2) is 0 Å². The molecule has 1 saturated heterocycles. The van der Waals surface area contributed by atoms with Crippen LogP contribution in [0.2, 0.25) is 5.02 Å². The van der Waals surface area contributed by atoms with Gasteiger partial charge < -0.3 is 19.9 Å². The van der Waals surface area contributed by atoms with Crippen LogP contribution >= 0.6 is 11.6 Å². The molecule has 8 heteroatoms. The van der Waals surface area contributed by atoms with Crippen molar-refractivity contribution < 1.29 is 9.53 Å². The fourth-order valence-corrected chi connectivity index (χ4v) is 2.88. The van der Waals surface area contributed by atoms with Gasteiger partial charge in [0.2, 0.25) is 11.9 Å². The first kappa shape index (κ1) is 17.3. The number of anilines is 2. The van der Waals surface area contributed by atoms with E-state index >= 15 is 0 Å². The van der Waals surface area contributed by atoms with E-state index < -0.39 is 0 Å². The lowest BCUT2D eigenvalue weighted by Gasteiger charge is -2.34. The van der Waals surface area contributed by atoms with Gasteiger partial charge in [-0.05, 0) is 24.3 Å². The lowest BCUT2D eigenvalue weighted by molar-refractivity contribution is -0.129. The van der Waals surface area contributed by atoms with Crippen LogP contribution < -0.4 is 15.0 Å². The number of carbonyl (C=O) groups excluding carboxylic acids is 1. The molecule has 7 nitrogen and oxygen atoms in total. The zero-order valence-corrected chi connectivity index (χ0v) is 14.7. The predicted octanol–water partition coefficient (Wildman–Crippen LogP) is 1.90. The highest BCUT2D eigenvalue weighted by Crippen LogP contribution is 2.27. The average Bonchev–Trinajstić information content (AvgIpc) is 2.67. The number of rotatable bonds is 5. The lowest BCUT2D eigenvalue weighted by Crippen LogP contribution is -2.50. The Bertz CT molecular complexity index is 720. The van der Waals surface area contributed by atoms with E-state index in [-0.39, 0.29) is 12.5 Å². The van der Waals surface area contributed by atoms with E-state index in [1.165, 1.54) is 0 Å². The summed E-state index contributed by atoms with van der Waals surface area (Å²) in [6.45, 7) is 2.92. The number of halogens is 1. The zero-order chi connectivity index (χ0) is 17.6. The Balaban J connectivity index is 1.52. The van der Waals surface area contributed by atoms with Crippen molar-refractivity contribution in [3.05, 3.63) is 41.7 Å². The SMILES string of the molecule is COc1ccc(Cl)cc1NCC(=O)N1CCN(c2ncccn2)CC1. The number of nitrogens with one attached hydrogen (secondary N) is 1. The Morgan fingerprint density at radius 3 is 2.64 bits per heavy atom.